The number of benzene rings is 2. The summed E-state index contributed by atoms with van der Waals surface area (Å²) in [6, 6.07) is 18.5. The molecule has 0 radical (unpaired) electrons. The minimum atomic E-state index is 0.873. The Labute approximate surface area is 135 Å². The first-order valence-corrected chi connectivity index (χ1v) is 7.75. The highest BCUT2D eigenvalue weighted by molar-refractivity contribution is 5.91. The summed E-state index contributed by atoms with van der Waals surface area (Å²) in [5.74, 6) is 0. The van der Waals surface area contributed by atoms with Crippen molar-refractivity contribution in [1.29, 1.82) is 0 Å². The normalized spacial score (nSPS) is 15.4. The maximum absolute atomic E-state index is 4.45. The van der Waals surface area contributed by atoms with Crippen molar-refractivity contribution in [2.75, 3.05) is 0 Å². The maximum Gasteiger partial charge on any atom is 0.0707 e. The largest absolute Gasteiger partial charge is 0.260 e. The Kier molecular flexibility index (Phi) is 3.57. The summed E-state index contributed by atoms with van der Waals surface area (Å²) >= 11 is 0. The molecular weight excluding hydrogens is 280 g/mol. The van der Waals surface area contributed by atoms with E-state index < -0.39 is 0 Å². The van der Waals surface area contributed by atoms with E-state index in [1.807, 2.05) is 42.7 Å². The van der Waals surface area contributed by atoms with Crippen LogP contribution in [0.2, 0.25) is 0 Å². The Morgan fingerprint density at radius 1 is 0.913 bits per heavy atom. The average Bonchev–Trinajstić information content (AvgIpc) is 2.62. The van der Waals surface area contributed by atoms with Gasteiger partial charge in [-0.1, -0.05) is 54.6 Å². The van der Waals surface area contributed by atoms with Gasteiger partial charge in [-0.05, 0) is 29.3 Å². The molecule has 1 aliphatic rings. The fraction of sp³-hybridized carbons (Fsp3) is 0.0476. The number of aromatic nitrogens is 1. The Hall–Kier alpha value is -3.00. The van der Waals surface area contributed by atoms with Gasteiger partial charge in [0.25, 0.3) is 0 Å². The Morgan fingerprint density at radius 2 is 1.78 bits per heavy atom. The Balaban J connectivity index is 1.68. The first-order valence-electron chi connectivity index (χ1n) is 7.75. The summed E-state index contributed by atoms with van der Waals surface area (Å²) in [4.78, 5) is 8.86. The minimum Gasteiger partial charge on any atom is -0.260 e. The zero-order valence-electron chi connectivity index (χ0n) is 12.7. The van der Waals surface area contributed by atoms with Crippen LogP contribution in [-0.2, 0) is 0 Å². The van der Waals surface area contributed by atoms with Crippen molar-refractivity contribution in [2.24, 2.45) is 4.99 Å². The molecule has 2 aromatic carbocycles. The summed E-state index contributed by atoms with van der Waals surface area (Å²) in [6.45, 7) is 0. The molecule has 2 nitrogen and oxygen atoms in total. The smallest absolute Gasteiger partial charge is 0.0707 e. The monoisotopic (exact) mass is 296 g/mol. The molecule has 0 aliphatic carbocycles. The number of hydrogen-bond acceptors (Lipinski definition) is 2. The lowest BCUT2D eigenvalue weighted by Gasteiger charge is -2.12. The van der Waals surface area contributed by atoms with Gasteiger partial charge >= 0.3 is 0 Å². The summed E-state index contributed by atoms with van der Waals surface area (Å²) in [6.07, 6.45) is 11.2. The second kappa shape index (κ2) is 6.01. The predicted molar refractivity (Wildman–Crippen MR) is 98.0 cm³/mol. The molecule has 3 aromatic rings. The SMILES string of the molecule is C(=Cc1ccnc2ccccc12)C=C1CC=Nc2ccccc21. The van der Waals surface area contributed by atoms with Crippen LogP contribution in [0.15, 0.2) is 77.9 Å². The third-order valence-electron chi connectivity index (χ3n) is 4.05. The fourth-order valence-electron chi connectivity index (χ4n) is 2.90. The van der Waals surface area contributed by atoms with Crippen LogP contribution in [0, 0.1) is 0 Å². The zero-order valence-corrected chi connectivity index (χ0v) is 12.7. The van der Waals surface area contributed by atoms with Gasteiger partial charge < -0.3 is 0 Å². The second-order valence-electron chi connectivity index (χ2n) is 5.50. The lowest BCUT2D eigenvalue weighted by molar-refractivity contribution is 1.37. The maximum atomic E-state index is 4.45. The zero-order chi connectivity index (χ0) is 15.5. The second-order valence-corrected chi connectivity index (χ2v) is 5.50. The molecule has 2 heteroatoms. The fourth-order valence-corrected chi connectivity index (χ4v) is 2.90. The minimum absolute atomic E-state index is 0.873. The van der Waals surface area contributed by atoms with Gasteiger partial charge in [-0.25, -0.2) is 0 Å². The topological polar surface area (TPSA) is 25.2 Å². The molecule has 4 rings (SSSR count). The summed E-state index contributed by atoms with van der Waals surface area (Å²) in [5.41, 5.74) is 5.78. The van der Waals surface area contributed by atoms with Crippen LogP contribution in [0.1, 0.15) is 17.5 Å². The van der Waals surface area contributed by atoms with E-state index in [2.05, 4.69) is 52.5 Å². The number of pyridine rings is 1. The van der Waals surface area contributed by atoms with Crippen molar-refractivity contribution in [3.63, 3.8) is 0 Å². The molecule has 23 heavy (non-hydrogen) atoms. The molecule has 0 spiro atoms. The lowest BCUT2D eigenvalue weighted by Crippen LogP contribution is -1.92. The molecule has 1 aromatic heterocycles. The number of para-hydroxylation sites is 2. The van der Waals surface area contributed by atoms with Crippen molar-refractivity contribution in [3.05, 3.63) is 84.1 Å². The van der Waals surface area contributed by atoms with E-state index in [-0.39, 0.29) is 0 Å². The Bertz CT molecular complexity index is 943. The van der Waals surface area contributed by atoms with Crippen molar-refractivity contribution in [3.8, 4) is 0 Å². The molecule has 0 fully saturated rings. The molecule has 0 saturated carbocycles. The number of nitrogens with zero attached hydrogens (tertiary/aromatic N) is 2. The van der Waals surface area contributed by atoms with Crippen LogP contribution in [0.25, 0.3) is 22.6 Å². The van der Waals surface area contributed by atoms with E-state index in [1.165, 1.54) is 22.1 Å². The number of fused-ring (bicyclic) bond motifs is 2. The summed E-state index contributed by atoms with van der Waals surface area (Å²) in [7, 11) is 0. The molecule has 0 saturated heterocycles. The van der Waals surface area contributed by atoms with Crippen molar-refractivity contribution >= 4 is 34.5 Å². The standard InChI is InChI=1S/C21H16N2/c1-3-10-20-18(8-1)16(12-14-22-20)6-5-7-17-13-15-23-21-11-4-2-9-19(17)21/h1-12,14-15H,13H2. The van der Waals surface area contributed by atoms with Crippen LogP contribution in [0.5, 0.6) is 0 Å². The first kappa shape index (κ1) is 13.6. The van der Waals surface area contributed by atoms with Gasteiger partial charge in [-0.15, -0.1) is 0 Å². The number of aliphatic imine (C=N–C) groups is 1. The highest BCUT2D eigenvalue weighted by Gasteiger charge is 2.08. The van der Waals surface area contributed by atoms with E-state index in [9.17, 15) is 0 Å². The molecular formula is C21H16N2. The van der Waals surface area contributed by atoms with E-state index >= 15 is 0 Å². The van der Waals surface area contributed by atoms with Gasteiger partial charge in [0.05, 0.1) is 11.2 Å². The van der Waals surface area contributed by atoms with Crippen LogP contribution in [0.4, 0.5) is 5.69 Å². The number of rotatable bonds is 2. The highest BCUT2D eigenvalue weighted by atomic mass is 14.7. The molecule has 0 unspecified atom stereocenters. The van der Waals surface area contributed by atoms with Gasteiger partial charge in [0.2, 0.25) is 0 Å². The summed E-state index contributed by atoms with van der Waals surface area (Å²) < 4.78 is 0. The first-order chi connectivity index (χ1) is 11.4. The predicted octanol–water partition coefficient (Wildman–Crippen LogP) is 5.44. The Morgan fingerprint density at radius 3 is 2.78 bits per heavy atom. The van der Waals surface area contributed by atoms with E-state index in [4.69, 9.17) is 0 Å². The quantitative estimate of drug-likeness (QED) is 0.618. The molecule has 0 N–H and O–H groups in total. The van der Waals surface area contributed by atoms with Gasteiger partial charge in [0.1, 0.15) is 0 Å². The molecule has 0 amide bonds. The van der Waals surface area contributed by atoms with Crippen molar-refractivity contribution < 1.29 is 0 Å². The van der Waals surface area contributed by atoms with Gasteiger partial charge in [0, 0.05) is 29.8 Å². The van der Waals surface area contributed by atoms with Crippen LogP contribution < -0.4 is 0 Å². The van der Waals surface area contributed by atoms with Crippen molar-refractivity contribution in [1.82, 2.24) is 4.98 Å². The average molecular weight is 296 g/mol. The molecule has 0 bridgehead atoms. The van der Waals surface area contributed by atoms with Gasteiger partial charge in [-0.3, -0.25) is 9.98 Å². The van der Waals surface area contributed by atoms with Gasteiger partial charge in [-0.2, -0.15) is 0 Å². The highest BCUT2D eigenvalue weighted by Crippen LogP contribution is 2.31. The third kappa shape index (κ3) is 2.71. The number of allylic oxidation sites excluding steroid dienone is 3. The molecule has 1 aliphatic heterocycles. The van der Waals surface area contributed by atoms with E-state index in [1.54, 1.807) is 0 Å². The summed E-state index contributed by atoms with van der Waals surface area (Å²) in [5, 5.41) is 1.18. The molecule has 110 valence electrons. The van der Waals surface area contributed by atoms with Crippen LogP contribution in [-0.4, -0.2) is 11.2 Å². The molecule has 0 atom stereocenters. The van der Waals surface area contributed by atoms with Crippen molar-refractivity contribution in [2.45, 2.75) is 6.42 Å². The number of hydrogen-bond donors (Lipinski definition) is 0. The third-order valence-corrected chi connectivity index (χ3v) is 4.05. The van der Waals surface area contributed by atoms with E-state index in [0.29, 0.717) is 0 Å². The molecule has 2 heterocycles. The van der Waals surface area contributed by atoms with Gasteiger partial charge in [0.15, 0.2) is 0 Å². The van der Waals surface area contributed by atoms with E-state index in [0.717, 1.165) is 17.6 Å². The van der Waals surface area contributed by atoms with Crippen LogP contribution >= 0.6 is 0 Å². The lowest BCUT2D eigenvalue weighted by atomic mass is 9.98. The van der Waals surface area contributed by atoms with Crippen LogP contribution in [0.3, 0.4) is 0 Å².